The first-order chi connectivity index (χ1) is 15.5. The van der Waals surface area contributed by atoms with Gasteiger partial charge in [0.2, 0.25) is 0 Å². The van der Waals surface area contributed by atoms with Crippen LogP contribution in [0.15, 0.2) is 35.5 Å². The summed E-state index contributed by atoms with van der Waals surface area (Å²) in [4.78, 5) is 22.1. The van der Waals surface area contributed by atoms with Crippen molar-refractivity contribution in [3.8, 4) is 11.4 Å². The number of nitrogens with zero attached hydrogens (tertiary/aromatic N) is 5. The van der Waals surface area contributed by atoms with E-state index in [-0.39, 0.29) is 11.9 Å². The van der Waals surface area contributed by atoms with Crippen molar-refractivity contribution >= 4 is 17.7 Å². The van der Waals surface area contributed by atoms with Gasteiger partial charge in [-0.05, 0) is 57.0 Å². The quantitative estimate of drug-likeness (QED) is 0.427. The summed E-state index contributed by atoms with van der Waals surface area (Å²) in [7, 11) is 1.63. The number of carbonyl (C=O) groups excluding carboxylic acids is 1. The molecule has 168 valence electrons. The Bertz CT molecular complexity index is 1060. The fourth-order valence-corrected chi connectivity index (χ4v) is 4.87. The average Bonchev–Trinajstić information content (AvgIpc) is 3.22. The molecule has 4 rings (SSSR count). The Labute approximate surface area is 192 Å². The van der Waals surface area contributed by atoms with E-state index in [0.717, 1.165) is 54.2 Å². The summed E-state index contributed by atoms with van der Waals surface area (Å²) in [5, 5.41) is 12.4. The minimum atomic E-state index is -0.173. The van der Waals surface area contributed by atoms with Gasteiger partial charge in [-0.15, -0.1) is 5.10 Å². The van der Waals surface area contributed by atoms with Gasteiger partial charge in [0.15, 0.2) is 10.9 Å². The topological polar surface area (TPSA) is 94.8 Å². The van der Waals surface area contributed by atoms with E-state index in [1.807, 2.05) is 44.2 Å². The third kappa shape index (κ3) is 5.27. The number of amides is 1. The number of hydrogen-bond donors (Lipinski definition) is 1. The van der Waals surface area contributed by atoms with Crippen LogP contribution in [0, 0.1) is 13.8 Å². The molecule has 1 amide bonds. The van der Waals surface area contributed by atoms with Crippen LogP contribution in [0.2, 0.25) is 0 Å². The summed E-state index contributed by atoms with van der Waals surface area (Å²) >= 11 is 1.47. The van der Waals surface area contributed by atoms with Gasteiger partial charge in [-0.2, -0.15) is 0 Å². The normalized spacial score (nSPS) is 14.3. The molecule has 0 aliphatic heterocycles. The highest BCUT2D eigenvalue weighted by Gasteiger charge is 2.24. The highest BCUT2D eigenvalue weighted by molar-refractivity contribution is 7.98. The first-order valence-electron chi connectivity index (χ1n) is 10.9. The van der Waals surface area contributed by atoms with Crippen LogP contribution in [0.4, 0.5) is 0 Å². The predicted molar refractivity (Wildman–Crippen MR) is 123 cm³/mol. The Hall–Kier alpha value is -2.94. The maximum absolute atomic E-state index is 13.1. The van der Waals surface area contributed by atoms with Gasteiger partial charge in [0.25, 0.3) is 5.91 Å². The van der Waals surface area contributed by atoms with Crippen LogP contribution in [0.1, 0.15) is 59.7 Å². The Morgan fingerprint density at radius 1 is 1.12 bits per heavy atom. The lowest BCUT2D eigenvalue weighted by Gasteiger charge is -2.22. The molecule has 1 aliphatic rings. The van der Waals surface area contributed by atoms with Crippen LogP contribution in [-0.2, 0) is 5.75 Å². The van der Waals surface area contributed by atoms with Crippen LogP contribution in [0.5, 0.6) is 5.75 Å². The van der Waals surface area contributed by atoms with Crippen molar-refractivity contribution in [1.29, 1.82) is 0 Å². The molecule has 3 aromatic rings. The van der Waals surface area contributed by atoms with Gasteiger partial charge in [-0.1, -0.05) is 36.2 Å². The molecule has 1 fully saturated rings. The molecule has 2 aromatic heterocycles. The largest absolute Gasteiger partial charge is 0.497 e. The van der Waals surface area contributed by atoms with Gasteiger partial charge in [-0.25, -0.2) is 14.6 Å². The van der Waals surface area contributed by atoms with Gasteiger partial charge < -0.3 is 10.1 Å². The highest BCUT2D eigenvalue weighted by atomic mass is 32.2. The van der Waals surface area contributed by atoms with Crippen molar-refractivity contribution in [1.82, 2.24) is 30.3 Å². The number of ether oxygens (including phenoxy) is 1. The molecule has 2 heterocycles. The number of thioether (sulfide) groups is 1. The molecule has 0 radical (unpaired) electrons. The number of nitrogens with one attached hydrogen (secondary N) is 1. The first-order valence-corrected chi connectivity index (χ1v) is 11.9. The third-order valence-corrected chi connectivity index (χ3v) is 6.39. The van der Waals surface area contributed by atoms with E-state index >= 15 is 0 Å². The molecule has 9 heteroatoms. The van der Waals surface area contributed by atoms with Gasteiger partial charge in [0, 0.05) is 23.2 Å². The molecule has 8 nitrogen and oxygen atoms in total. The number of benzene rings is 1. The standard InChI is InChI=1S/C23H28N6O2S/c1-15-13-16(2)25-23(24-15)32-14-20-21(22(30)26-17-7-5-4-6-8-17)27-28-29(20)18-9-11-19(31-3)12-10-18/h9-13,17H,4-8,14H2,1-3H3,(H,26,30). The zero-order valence-corrected chi connectivity index (χ0v) is 19.5. The molecular formula is C23H28N6O2S. The molecule has 0 bridgehead atoms. The Morgan fingerprint density at radius 3 is 2.47 bits per heavy atom. The Kier molecular flexibility index (Phi) is 7.04. The van der Waals surface area contributed by atoms with E-state index in [1.165, 1.54) is 18.2 Å². The SMILES string of the molecule is COc1ccc(-n2nnc(C(=O)NC3CCCCC3)c2CSc2nc(C)cc(C)n2)cc1. The molecule has 1 aliphatic carbocycles. The lowest BCUT2D eigenvalue weighted by molar-refractivity contribution is 0.0922. The third-order valence-electron chi connectivity index (χ3n) is 5.54. The second-order valence-corrected chi connectivity index (χ2v) is 8.97. The number of aromatic nitrogens is 5. The van der Waals surface area contributed by atoms with Crippen molar-refractivity contribution in [3.63, 3.8) is 0 Å². The van der Waals surface area contributed by atoms with Gasteiger partial charge in [-0.3, -0.25) is 4.79 Å². The maximum atomic E-state index is 13.1. The van der Waals surface area contributed by atoms with Crippen molar-refractivity contribution in [2.45, 2.75) is 62.9 Å². The van der Waals surface area contributed by atoms with Crippen molar-refractivity contribution in [3.05, 3.63) is 53.1 Å². The first kappa shape index (κ1) is 22.3. The number of carbonyl (C=O) groups is 1. The van der Waals surface area contributed by atoms with Gasteiger partial charge in [0.05, 0.1) is 18.5 Å². The molecule has 1 saturated carbocycles. The summed E-state index contributed by atoms with van der Waals surface area (Å²) in [6, 6.07) is 9.67. The number of rotatable bonds is 7. The number of hydrogen-bond acceptors (Lipinski definition) is 7. The molecule has 1 aromatic carbocycles. The van der Waals surface area contributed by atoms with Crippen LogP contribution < -0.4 is 10.1 Å². The number of methoxy groups -OCH3 is 1. The molecule has 0 spiro atoms. The second-order valence-electron chi connectivity index (χ2n) is 8.02. The van der Waals surface area contributed by atoms with E-state index in [1.54, 1.807) is 11.8 Å². The number of aryl methyl sites for hydroxylation is 2. The molecule has 32 heavy (non-hydrogen) atoms. The van der Waals surface area contributed by atoms with E-state index in [9.17, 15) is 4.79 Å². The predicted octanol–water partition coefficient (Wildman–Crippen LogP) is 4.04. The fourth-order valence-electron chi connectivity index (χ4n) is 3.93. The summed E-state index contributed by atoms with van der Waals surface area (Å²) < 4.78 is 6.97. The monoisotopic (exact) mass is 452 g/mol. The second kappa shape index (κ2) is 10.1. The van der Waals surface area contributed by atoms with E-state index in [0.29, 0.717) is 16.6 Å². The van der Waals surface area contributed by atoms with Gasteiger partial charge in [0.1, 0.15) is 5.75 Å². The zero-order chi connectivity index (χ0) is 22.5. The summed E-state index contributed by atoms with van der Waals surface area (Å²) in [6.07, 6.45) is 5.56. The van der Waals surface area contributed by atoms with Gasteiger partial charge >= 0.3 is 0 Å². The minimum Gasteiger partial charge on any atom is -0.497 e. The van der Waals surface area contributed by atoms with Crippen molar-refractivity contribution in [2.24, 2.45) is 0 Å². The minimum absolute atomic E-state index is 0.173. The van der Waals surface area contributed by atoms with Crippen molar-refractivity contribution < 1.29 is 9.53 Å². The molecular weight excluding hydrogens is 424 g/mol. The van der Waals surface area contributed by atoms with Crippen molar-refractivity contribution in [2.75, 3.05) is 7.11 Å². The van der Waals surface area contributed by atoms with E-state index in [2.05, 4.69) is 25.6 Å². The summed E-state index contributed by atoms with van der Waals surface area (Å²) in [5.74, 6) is 1.05. The zero-order valence-electron chi connectivity index (χ0n) is 18.7. The lowest BCUT2D eigenvalue weighted by atomic mass is 9.95. The Morgan fingerprint density at radius 2 is 1.81 bits per heavy atom. The molecule has 0 unspecified atom stereocenters. The van der Waals surface area contributed by atoms with Crippen LogP contribution in [0.3, 0.4) is 0 Å². The molecule has 0 saturated heterocycles. The lowest BCUT2D eigenvalue weighted by Crippen LogP contribution is -2.36. The molecule has 1 N–H and O–H groups in total. The van der Waals surface area contributed by atoms with Crippen LogP contribution >= 0.6 is 11.8 Å². The highest BCUT2D eigenvalue weighted by Crippen LogP contribution is 2.25. The molecule has 0 atom stereocenters. The van der Waals surface area contributed by atoms with Crippen LogP contribution in [-0.4, -0.2) is 44.0 Å². The maximum Gasteiger partial charge on any atom is 0.274 e. The smallest absolute Gasteiger partial charge is 0.274 e. The summed E-state index contributed by atoms with van der Waals surface area (Å²) in [5.41, 5.74) is 3.71. The average molecular weight is 453 g/mol. The van der Waals surface area contributed by atoms with E-state index < -0.39 is 0 Å². The van der Waals surface area contributed by atoms with Crippen LogP contribution in [0.25, 0.3) is 5.69 Å². The van der Waals surface area contributed by atoms with E-state index in [4.69, 9.17) is 4.74 Å². The summed E-state index contributed by atoms with van der Waals surface area (Å²) in [6.45, 7) is 3.90. The fraction of sp³-hybridized carbons (Fsp3) is 0.435. The Balaban J connectivity index is 1.62.